The van der Waals surface area contributed by atoms with Crippen molar-refractivity contribution >= 4 is 11.8 Å². The van der Waals surface area contributed by atoms with Gasteiger partial charge in [-0.25, -0.2) is 0 Å². The zero-order chi connectivity index (χ0) is 19.6. The molecule has 1 fully saturated rings. The molecule has 1 saturated heterocycles. The van der Waals surface area contributed by atoms with Crippen LogP contribution in [-0.2, 0) is 22.7 Å². The van der Waals surface area contributed by atoms with Crippen molar-refractivity contribution in [1.82, 2.24) is 15.5 Å². The van der Waals surface area contributed by atoms with Gasteiger partial charge < -0.3 is 16.4 Å². The summed E-state index contributed by atoms with van der Waals surface area (Å²) in [5, 5.41) is 5.44. The molecule has 2 amide bonds. The predicted molar refractivity (Wildman–Crippen MR) is 108 cm³/mol. The Morgan fingerprint density at radius 3 is 2.41 bits per heavy atom. The third-order valence-corrected chi connectivity index (χ3v) is 5.03. The van der Waals surface area contributed by atoms with Crippen LogP contribution in [0, 0.1) is 5.92 Å². The number of rotatable bonds is 8. The van der Waals surface area contributed by atoms with Crippen molar-refractivity contribution < 1.29 is 9.59 Å². The Bertz CT molecular complexity index is 610. The van der Waals surface area contributed by atoms with E-state index in [4.69, 9.17) is 5.73 Å². The minimum Gasteiger partial charge on any atom is -0.350 e. The highest BCUT2D eigenvalue weighted by Crippen LogP contribution is 2.14. The molecule has 0 spiro atoms. The summed E-state index contributed by atoms with van der Waals surface area (Å²) >= 11 is 0. The van der Waals surface area contributed by atoms with Gasteiger partial charge >= 0.3 is 0 Å². The average Bonchev–Trinajstić information content (AvgIpc) is 2.92. The third kappa shape index (κ3) is 7.69. The van der Waals surface area contributed by atoms with Crippen LogP contribution < -0.4 is 16.4 Å². The summed E-state index contributed by atoms with van der Waals surface area (Å²) in [7, 11) is 0. The molecular formula is C21H34N4O2. The van der Waals surface area contributed by atoms with Crippen LogP contribution in [0.15, 0.2) is 24.3 Å². The fourth-order valence-corrected chi connectivity index (χ4v) is 3.24. The Morgan fingerprint density at radius 2 is 1.74 bits per heavy atom. The van der Waals surface area contributed by atoms with Gasteiger partial charge in [0.15, 0.2) is 0 Å². The molecule has 6 nitrogen and oxygen atoms in total. The number of amides is 2. The summed E-state index contributed by atoms with van der Waals surface area (Å²) in [4.78, 5) is 26.3. The van der Waals surface area contributed by atoms with E-state index in [0.29, 0.717) is 6.54 Å². The molecule has 0 unspecified atom stereocenters. The van der Waals surface area contributed by atoms with Crippen molar-refractivity contribution in [2.24, 2.45) is 11.7 Å². The standard InChI is InChI=1S/C21H34N4O2/c1-16(2)20(22)21(27)24-14-19(26)23-13-17-8-7-9-18(12-17)15-25-10-5-3-4-6-11-25/h7-9,12,16,20H,3-6,10-11,13-15,22H2,1-2H3,(H,23,26)(H,24,27)/t20-/m0/s1. The number of nitrogens with zero attached hydrogens (tertiary/aromatic N) is 1. The first-order valence-electron chi connectivity index (χ1n) is 10.1. The minimum atomic E-state index is -0.589. The van der Waals surface area contributed by atoms with Crippen LogP contribution in [0.2, 0.25) is 0 Å². The van der Waals surface area contributed by atoms with E-state index in [1.165, 1.54) is 44.3 Å². The maximum atomic E-state index is 12.0. The summed E-state index contributed by atoms with van der Waals surface area (Å²) < 4.78 is 0. The molecule has 4 N–H and O–H groups in total. The number of carbonyl (C=O) groups is 2. The molecule has 1 atom stereocenters. The summed E-state index contributed by atoms with van der Waals surface area (Å²) in [6, 6.07) is 7.76. The van der Waals surface area contributed by atoms with E-state index in [-0.39, 0.29) is 24.3 Å². The van der Waals surface area contributed by atoms with Gasteiger partial charge in [-0.2, -0.15) is 0 Å². The van der Waals surface area contributed by atoms with Crippen molar-refractivity contribution in [3.8, 4) is 0 Å². The molecule has 0 aromatic heterocycles. The first kappa shape index (κ1) is 21.4. The first-order chi connectivity index (χ1) is 13.0. The number of hydrogen-bond donors (Lipinski definition) is 3. The van der Waals surface area contributed by atoms with Gasteiger partial charge in [-0.3, -0.25) is 14.5 Å². The van der Waals surface area contributed by atoms with Crippen molar-refractivity contribution in [1.29, 1.82) is 0 Å². The Morgan fingerprint density at radius 1 is 1.07 bits per heavy atom. The van der Waals surface area contributed by atoms with Crippen LogP contribution in [0.25, 0.3) is 0 Å². The average molecular weight is 375 g/mol. The summed E-state index contributed by atoms with van der Waals surface area (Å²) in [6.45, 7) is 7.46. The van der Waals surface area contributed by atoms with E-state index in [0.717, 1.165) is 12.1 Å². The lowest BCUT2D eigenvalue weighted by atomic mass is 10.1. The monoisotopic (exact) mass is 374 g/mol. The second-order valence-electron chi connectivity index (χ2n) is 7.77. The van der Waals surface area contributed by atoms with E-state index >= 15 is 0 Å². The lowest BCUT2D eigenvalue weighted by Gasteiger charge is -2.20. The molecule has 2 rings (SSSR count). The summed E-state index contributed by atoms with van der Waals surface area (Å²) in [5.41, 5.74) is 8.11. The van der Waals surface area contributed by atoms with E-state index in [1.807, 2.05) is 26.0 Å². The highest BCUT2D eigenvalue weighted by Gasteiger charge is 2.17. The van der Waals surface area contributed by atoms with Crippen LogP contribution >= 0.6 is 0 Å². The predicted octanol–water partition coefficient (Wildman–Crippen LogP) is 1.78. The van der Waals surface area contributed by atoms with Crippen molar-refractivity contribution in [2.75, 3.05) is 19.6 Å². The Labute approximate surface area is 162 Å². The van der Waals surface area contributed by atoms with Crippen molar-refractivity contribution in [2.45, 2.75) is 58.7 Å². The number of hydrogen-bond acceptors (Lipinski definition) is 4. The van der Waals surface area contributed by atoms with E-state index in [2.05, 4.69) is 27.7 Å². The number of likely N-dealkylation sites (tertiary alicyclic amines) is 1. The van der Waals surface area contributed by atoms with Gasteiger partial charge in [-0.05, 0) is 43.0 Å². The second kappa shape index (κ2) is 11.0. The second-order valence-corrected chi connectivity index (χ2v) is 7.77. The number of nitrogens with two attached hydrogens (primary N) is 1. The molecule has 1 aliphatic heterocycles. The fourth-order valence-electron chi connectivity index (χ4n) is 3.24. The van der Waals surface area contributed by atoms with Gasteiger partial charge in [-0.1, -0.05) is 51.0 Å². The summed E-state index contributed by atoms with van der Waals surface area (Å²) in [6.07, 6.45) is 5.23. The van der Waals surface area contributed by atoms with Crippen LogP contribution in [0.4, 0.5) is 0 Å². The van der Waals surface area contributed by atoms with Crippen LogP contribution in [0.1, 0.15) is 50.7 Å². The Hall–Kier alpha value is -1.92. The maximum absolute atomic E-state index is 12.0. The molecule has 0 saturated carbocycles. The molecule has 1 aromatic carbocycles. The molecule has 0 bridgehead atoms. The normalized spacial score (nSPS) is 16.6. The minimum absolute atomic E-state index is 0.0417. The van der Waals surface area contributed by atoms with E-state index < -0.39 is 6.04 Å². The molecule has 1 heterocycles. The molecule has 6 heteroatoms. The zero-order valence-corrected chi connectivity index (χ0v) is 16.7. The van der Waals surface area contributed by atoms with Gasteiger partial charge in [0.2, 0.25) is 11.8 Å². The number of nitrogens with one attached hydrogen (secondary N) is 2. The molecule has 1 aliphatic rings. The molecule has 0 aliphatic carbocycles. The van der Waals surface area contributed by atoms with Gasteiger partial charge in [0, 0.05) is 13.1 Å². The van der Waals surface area contributed by atoms with E-state index in [9.17, 15) is 9.59 Å². The quantitative estimate of drug-likeness (QED) is 0.647. The number of benzene rings is 1. The lowest BCUT2D eigenvalue weighted by molar-refractivity contribution is -0.127. The molecule has 150 valence electrons. The zero-order valence-electron chi connectivity index (χ0n) is 16.7. The van der Waals surface area contributed by atoms with Crippen LogP contribution in [0.3, 0.4) is 0 Å². The first-order valence-corrected chi connectivity index (χ1v) is 10.1. The molecule has 1 aromatic rings. The smallest absolute Gasteiger partial charge is 0.239 e. The SMILES string of the molecule is CC(C)[C@H](N)C(=O)NCC(=O)NCc1cccc(CN2CCCCCC2)c1. The number of carbonyl (C=O) groups excluding carboxylic acids is 2. The topological polar surface area (TPSA) is 87.5 Å². The van der Waals surface area contributed by atoms with Crippen LogP contribution in [0.5, 0.6) is 0 Å². The largest absolute Gasteiger partial charge is 0.350 e. The Balaban J connectivity index is 1.76. The van der Waals surface area contributed by atoms with Crippen molar-refractivity contribution in [3.63, 3.8) is 0 Å². The van der Waals surface area contributed by atoms with Gasteiger partial charge in [-0.15, -0.1) is 0 Å². The third-order valence-electron chi connectivity index (χ3n) is 5.03. The van der Waals surface area contributed by atoms with Gasteiger partial charge in [0.25, 0.3) is 0 Å². The van der Waals surface area contributed by atoms with Crippen molar-refractivity contribution in [3.05, 3.63) is 35.4 Å². The highest BCUT2D eigenvalue weighted by atomic mass is 16.2. The van der Waals surface area contributed by atoms with Gasteiger partial charge in [0.1, 0.15) is 0 Å². The Kier molecular flexibility index (Phi) is 8.75. The maximum Gasteiger partial charge on any atom is 0.239 e. The van der Waals surface area contributed by atoms with E-state index in [1.54, 1.807) is 0 Å². The molecule has 0 radical (unpaired) electrons. The fraction of sp³-hybridized carbons (Fsp3) is 0.619. The van der Waals surface area contributed by atoms with Crippen LogP contribution in [-0.4, -0.2) is 42.4 Å². The van der Waals surface area contributed by atoms with Gasteiger partial charge in [0.05, 0.1) is 12.6 Å². The molecule has 27 heavy (non-hydrogen) atoms. The lowest BCUT2D eigenvalue weighted by Crippen LogP contribution is -2.47. The highest BCUT2D eigenvalue weighted by molar-refractivity contribution is 5.87. The summed E-state index contributed by atoms with van der Waals surface area (Å²) in [5.74, 6) is -0.461. The molecular weight excluding hydrogens is 340 g/mol.